The molecule has 0 spiro atoms. The second-order valence-corrected chi connectivity index (χ2v) is 9.83. The van der Waals surface area contributed by atoms with Crippen LogP contribution >= 0.6 is 0 Å². The highest BCUT2D eigenvalue weighted by Crippen LogP contribution is 2.26. The third kappa shape index (κ3) is 7.34. The van der Waals surface area contributed by atoms with Crippen LogP contribution in [0.25, 0.3) is 0 Å². The molecule has 1 aromatic carbocycles. The van der Waals surface area contributed by atoms with Crippen LogP contribution in [-0.4, -0.2) is 65.0 Å². The lowest BCUT2D eigenvalue weighted by Gasteiger charge is -2.12. The number of nitrogens with one attached hydrogen (secondary N) is 1. The summed E-state index contributed by atoms with van der Waals surface area (Å²) in [5.41, 5.74) is 4.37. The van der Waals surface area contributed by atoms with Crippen LogP contribution in [0.3, 0.4) is 0 Å². The molecule has 0 bridgehead atoms. The maximum atomic E-state index is 11.7. The van der Waals surface area contributed by atoms with E-state index in [0.717, 1.165) is 29.2 Å². The number of hydrogen-bond donors (Lipinski definition) is 3. The minimum absolute atomic E-state index is 0.0303. The number of aliphatic carboxylic acids is 2. The van der Waals surface area contributed by atoms with E-state index in [1.807, 2.05) is 42.8 Å². The molecule has 2 aromatic rings. The average molecular weight is 468 g/mol. The van der Waals surface area contributed by atoms with Gasteiger partial charge in [0.25, 0.3) is 0 Å². The fraction of sp³-hybridized carbons (Fsp3) is 0.476. The zero-order valence-electron chi connectivity index (χ0n) is 18.4. The molecule has 3 rings (SSSR count). The number of carboxylic acids is 2. The van der Waals surface area contributed by atoms with E-state index >= 15 is 0 Å². The lowest BCUT2D eigenvalue weighted by Crippen LogP contribution is -2.21. The summed E-state index contributed by atoms with van der Waals surface area (Å²) in [4.78, 5) is 18.2. The molecule has 0 amide bonds. The molecule has 0 aliphatic carbocycles. The van der Waals surface area contributed by atoms with Crippen molar-refractivity contribution < 1.29 is 33.0 Å². The van der Waals surface area contributed by atoms with Gasteiger partial charge in [0.1, 0.15) is 12.4 Å². The van der Waals surface area contributed by atoms with Gasteiger partial charge >= 0.3 is 11.9 Å². The van der Waals surface area contributed by atoms with E-state index in [9.17, 15) is 8.42 Å². The lowest BCUT2D eigenvalue weighted by atomic mass is 10.2. The van der Waals surface area contributed by atoms with Crippen LogP contribution in [0, 0.1) is 20.8 Å². The quantitative estimate of drug-likeness (QED) is 0.407. The molecule has 2 heterocycles. The number of rotatable bonds is 7. The largest absolute Gasteiger partial charge is 0.492 e. The smallest absolute Gasteiger partial charge is 0.414 e. The summed E-state index contributed by atoms with van der Waals surface area (Å²) >= 11 is 0. The molecule has 176 valence electrons. The van der Waals surface area contributed by atoms with Crippen LogP contribution in [0.2, 0.25) is 0 Å². The molecule has 1 aliphatic rings. The van der Waals surface area contributed by atoms with Crippen LogP contribution in [0.1, 0.15) is 35.0 Å². The van der Waals surface area contributed by atoms with Crippen LogP contribution in [0.15, 0.2) is 24.3 Å². The predicted octanol–water partition coefficient (Wildman–Crippen LogP) is 1.49. The number of sulfone groups is 1. The van der Waals surface area contributed by atoms with Crippen LogP contribution in [-0.2, 0) is 26.0 Å². The second kappa shape index (κ2) is 11.1. The third-order valence-electron chi connectivity index (χ3n) is 5.08. The normalized spacial score (nSPS) is 16.8. The fourth-order valence-corrected chi connectivity index (χ4v) is 5.06. The zero-order chi connectivity index (χ0) is 23.9. The van der Waals surface area contributed by atoms with E-state index in [0.29, 0.717) is 19.6 Å². The minimum Gasteiger partial charge on any atom is -0.492 e. The van der Waals surface area contributed by atoms with Crippen LogP contribution < -0.4 is 10.1 Å². The van der Waals surface area contributed by atoms with E-state index in [1.165, 1.54) is 5.56 Å². The Balaban J connectivity index is 0.000000534. The van der Waals surface area contributed by atoms with Crippen LogP contribution in [0.4, 0.5) is 0 Å². The molecular weight excluding hydrogens is 438 g/mol. The van der Waals surface area contributed by atoms with Crippen molar-refractivity contribution in [3.8, 4) is 5.75 Å². The number of nitrogens with zero attached hydrogens (tertiary/aromatic N) is 2. The van der Waals surface area contributed by atoms with Crippen molar-refractivity contribution in [2.45, 2.75) is 39.8 Å². The topological polar surface area (TPSA) is 148 Å². The van der Waals surface area contributed by atoms with Gasteiger partial charge in [-0.15, -0.1) is 0 Å². The Bertz CT molecular complexity index is 1030. The van der Waals surface area contributed by atoms with E-state index < -0.39 is 21.8 Å². The summed E-state index contributed by atoms with van der Waals surface area (Å²) in [6, 6.07) is 7.99. The number of aromatic nitrogens is 2. The molecular formula is C21H29N3O7S. The fourth-order valence-electron chi connectivity index (χ4n) is 3.37. The zero-order valence-corrected chi connectivity index (χ0v) is 19.2. The molecule has 1 aromatic heterocycles. The summed E-state index contributed by atoms with van der Waals surface area (Å²) in [5.74, 6) is -2.31. The molecule has 10 nitrogen and oxygen atoms in total. The number of aryl methyl sites for hydroxylation is 2. The number of ether oxygens (including phenoxy) is 1. The Labute approximate surface area is 187 Å². The molecule has 1 atom stereocenters. The monoisotopic (exact) mass is 467 g/mol. The van der Waals surface area contributed by atoms with Crippen molar-refractivity contribution in [3.63, 3.8) is 0 Å². The van der Waals surface area contributed by atoms with E-state index in [-0.39, 0.29) is 17.5 Å². The summed E-state index contributed by atoms with van der Waals surface area (Å²) in [6.07, 6.45) is 0.654. The second-order valence-electron chi connectivity index (χ2n) is 7.60. The number of carbonyl (C=O) groups is 2. The lowest BCUT2D eigenvalue weighted by molar-refractivity contribution is -0.159. The molecule has 0 radical (unpaired) electrons. The first-order valence-electron chi connectivity index (χ1n) is 10.1. The van der Waals surface area contributed by atoms with Gasteiger partial charge in [0.15, 0.2) is 9.84 Å². The molecule has 1 aliphatic heterocycles. The van der Waals surface area contributed by atoms with Gasteiger partial charge in [-0.2, -0.15) is 5.10 Å². The molecule has 1 unspecified atom stereocenters. The predicted molar refractivity (Wildman–Crippen MR) is 118 cm³/mol. The van der Waals surface area contributed by atoms with Crippen LogP contribution in [0.5, 0.6) is 5.75 Å². The van der Waals surface area contributed by atoms with E-state index in [4.69, 9.17) is 24.5 Å². The van der Waals surface area contributed by atoms with Gasteiger partial charge in [-0.25, -0.2) is 18.0 Å². The van der Waals surface area contributed by atoms with Gasteiger partial charge in [-0.3, -0.25) is 4.68 Å². The highest BCUT2D eigenvalue weighted by Gasteiger charge is 2.31. The Hall–Kier alpha value is -2.92. The highest BCUT2D eigenvalue weighted by atomic mass is 32.2. The van der Waals surface area contributed by atoms with Gasteiger partial charge < -0.3 is 20.3 Å². The van der Waals surface area contributed by atoms with Crippen molar-refractivity contribution in [3.05, 3.63) is 46.8 Å². The van der Waals surface area contributed by atoms with Gasteiger partial charge in [0, 0.05) is 24.3 Å². The number of hydrogen-bond acceptors (Lipinski definition) is 7. The SMILES string of the molecule is Cc1ccc(OCCNCc2c(C)nn(C3CCS(=O)(=O)C3)c2C)cc1.O=C(O)C(=O)O. The summed E-state index contributed by atoms with van der Waals surface area (Å²) in [7, 11) is -2.91. The third-order valence-corrected chi connectivity index (χ3v) is 6.83. The number of carboxylic acid groups (broad SMARTS) is 2. The first kappa shape index (κ1) is 25.3. The summed E-state index contributed by atoms with van der Waals surface area (Å²) < 4.78 is 31.1. The molecule has 11 heteroatoms. The van der Waals surface area contributed by atoms with Gasteiger partial charge in [0.2, 0.25) is 0 Å². The summed E-state index contributed by atoms with van der Waals surface area (Å²) in [6.45, 7) is 8.08. The molecule has 0 saturated carbocycles. The van der Waals surface area contributed by atoms with E-state index in [2.05, 4.69) is 17.3 Å². The first-order chi connectivity index (χ1) is 15.0. The van der Waals surface area contributed by atoms with Gasteiger partial charge in [0.05, 0.1) is 23.2 Å². The molecule has 32 heavy (non-hydrogen) atoms. The maximum Gasteiger partial charge on any atom is 0.414 e. The Morgan fingerprint density at radius 3 is 2.31 bits per heavy atom. The van der Waals surface area contributed by atoms with Crippen molar-refractivity contribution in [1.29, 1.82) is 0 Å². The Morgan fingerprint density at radius 2 is 1.78 bits per heavy atom. The first-order valence-corrected chi connectivity index (χ1v) is 11.9. The van der Waals surface area contributed by atoms with Crippen molar-refractivity contribution in [2.75, 3.05) is 24.7 Å². The van der Waals surface area contributed by atoms with Gasteiger partial charge in [-0.05, 0) is 39.3 Å². The Morgan fingerprint density at radius 1 is 1.16 bits per heavy atom. The summed E-state index contributed by atoms with van der Waals surface area (Å²) in [5, 5.41) is 22.8. The van der Waals surface area contributed by atoms with E-state index in [1.54, 1.807) is 0 Å². The van der Waals surface area contributed by atoms with Crippen molar-refractivity contribution in [2.24, 2.45) is 0 Å². The van der Waals surface area contributed by atoms with Crippen molar-refractivity contribution in [1.82, 2.24) is 15.1 Å². The standard InChI is InChI=1S/C19H27N3O3S.C2H2O4/c1-14-4-6-18(7-5-14)25-10-9-20-12-19-15(2)21-22(16(19)3)17-8-11-26(23,24)13-17;3-1(4)2(5)6/h4-7,17,20H,8-13H2,1-3H3;(H,3,4)(H,5,6). The molecule has 1 fully saturated rings. The minimum atomic E-state index is -2.91. The maximum absolute atomic E-state index is 11.7. The van der Waals surface area contributed by atoms with Crippen molar-refractivity contribution >= 4 is 21.8 Å². The van der Waals surface area contributed by atoms with Gasteiger partial charge in [-0.1, -0.05) is 17.7 Å². The Kier molecular flexibility index (Phi) is 8.79. The highest BCUT2D eigenvalue weighted by molar-refractivity contribution is 7.91. The average Bonchev–Trinajstić information content (AvgIpc) is 3.22. The molecule has 1 saturated heterocycles. The number of benzene rings is 1. The molecule has 3 N–H and O–H groups in total.